The van der Waals surface area contributed by atoms with Crippen LogP contribution in [0.4, 0.5) is 5.69 Å². The molecule has 1 rings (SSSR count). The predicted molar refractivity (Wildman–Crippen MR) is 70.4 cm³/mol. The second-order valence-electron chi connectivity index (χ2n) is 4.21. The first-order valence-corrected chi connectivity index (χ1v) is 6.22. The molecular weight excluding hydrogens is 214 g/mol. The normalized spacial score (nSPS) is 12.1. The van der Waals surface area contributed by atoms with Gasteiger partial charge in [-0.1, -0.05) is 38.5 Å². The average molecular weight is 235 g/mol. The fourth-order valence-electron chi connectivity index (χ4n) is 2.11. The maximum Gasteiger partial charge on any atom is 0.323 e. The number of aliphatic carboxylic acids is 1. The minimum atomic E-state index is -0.775. The Morgan fingerprint density at radius 3 is 2.41 bits per heavy atom. The number of carbonyl (C=O) groups is 1. The molecule has 1 aromatic carbocycles. The lowest BCUT2D eigenvalue weighted by Gasteiger charge is -2.31. The second-order valence-corrected chi connectivity index (χ2v) is 4.21. The van der Waals surface area contributed by atoms with Gasteiger partial charge in [-0.25, -0.2) is 0 Å². The molecule has 0 saturated carbocycles. The second kappa shape index (κ2) is 6.94. The Morgan fingerprint density at radius 2 is 1.94 bits per heavy atom. The van der Waals surface area contributed by atoms with Crippen molar-refractivity contribution in [3.8, 4) is 0 Å². The van der Waals surface area contributed by atoms with E-state index in [2.05, 4.69) is 13.8 Å². The Morgan fingerprint density at radius 1 is 1.29 bits per heavy atom. The molecule has 0 aliphatic heterocycles. The summed E-state index contributed by atoms with van der Waals surface area (Å²) in [5.74, 6) is -0.775. The van der Waals surface area contributed by atoms with Crippen molar-refractivity contribution in [2.75, 3.05) is 11.4 Å². The quantitative estimate of drug-likeness (QED) is 0.789. The number of hydrogen-bond donors (Lipinski definition) is 1. The standard InChI is InChI=1S/C14H21NO2/c1-3-8-12(4-2)15(11-14(16)17)13-9-6-5-7-10-13/h5-7,9-10,12H,3-4,8,11H2,1-2H3,(H,16,17). The summed E-state index contributed by atoms with van der Waals surface area (Å²) in [5.41, 5.74) is 0.996. The summed E-state index contributed by atoms with van der Waals surface area (Å²) in [6.45, 7) is 4.31. The van der Waals surface area contributed by atoms with Crippen LogP contribution in [0.5, 0.6) is 0 Å². The molecule has 0 aromatic heterocycles. The fraction of sp³-hybridized carbons (Fsp3) is 0.500. The molecular formula is C14H21NO2. The molecule has 17 heavy (non-hydrogen) atoms. The molecule has 3 heteroatoms. The Balaban J connectivity index is 2.89. The molecule has 0 amide bonds. The van der Waals surface area contributed by atoms with Crippen LogP contribution in [0.25, 0.3) is 0 Å². The van der Waals surface area contributed by atoms with E-state index in [9.17, 15) is 4.79 Å². The minimum absolute atomic E-state index is 0.0719. The SMILES string of the molecule is CCCC(CC)N(CC(=O)O)c1ccccc1. The molecule has 1 N–H and O–H groups in total. The van der Waals surface area contributed by atoms with E-state index >= 15 is 0 Å². The zero-order valence-electron chi connectivity index (χ0n) is 10.6. The molecule has 0 fully saturated rings. The maximum absolute atomic E-state index is 11.0. The van der Waals surface area contributed by atoms with Crippen molar-refractivity contribution in [2.45, 2.75) is 39.2 Å². The zero-order chi connectivity index (χ0) is 12.7. The molecule has 0 spiro atoms. The van der Waals surface area contributed by atoms with E-state index in [1.165, 1.54) is 0 Å². The van der Waals surface area contributed by atoms with Crippen molar-refractivity contribution in [1.29, 1.82) is 0 Å². The molecule has 0 radical (unpaired) electrons. The average Bonchev–Trinajstić information content (AvgIpc) is 2.34. The van der Waals surface area contributed by atoms with Gasteiger partial charge < -0.3 is 10.0 Å². The Kier molecular flexibility index (Phi) is 5.53. The van der Waals surface area contributed by atoms with Gasteiger partial charge in [0.25, 0.3) is 0 Å². The summed E-state index contributed by atoms with van der Waals surface area (Å²) >= 11 is 0. The van der Waals surface area contributed by atoms with Crippen LogP contribution in [0.1, 0.15) is 33.1 Å². The number of benzene rings is 1. The summed E-state index contributed by atoms with van der Waals surface area (Å²) in [5, 5.41) is 9.02. The minimum Gasteiger partial charge on any atom is -0.480 e. The number of para-hydroxylation sites is 1. The molecule has 94 valence electrons. The fourth-order valence-corrected chi connectivity index (χ4v) is 2.11. The molecule has 0 aliphatic rings. The highest BCUT2D eigenvalue weighted by Crippen LogP contribution is 2.20. The lowest BCUT2D eigenvalue weighted by atomic mass is 10.1. The largest absolute Gasteiger partial charge is 0.480 e. The lowest BCUT2D eigenvalue weighted by Crippen LogP contribution is -2.38. The Hall–Kier alpha value is -1.51. The third-order valence-corrected chi connectivity index (χ3v) is 2.93. The van der Waals surface area contributed by atoms with Gasteiger partial charge in [0.15, 0.2) is 0 Å². The van der Waals surface area contributed by atoms with Gasteiger partial charge in [0.2, 0.25) is 0 Å². The first-order valence-electron chi connectivity index (χ1n) is 6.22. The van der Waals surface area contributed by atoms with Gasteiger partial charge in [-0.3, -0.25) is 4.79 Å². The van der Waals surface area contributed by atoms with E-state index in [-0.39, 0.29) is 6.54 Å². The number of hydrogen-bond acceptors (Lipinski definition) is 2. The highest BCUT2D eigenvalue weighted by molar-refractivity contribution is 5.74. The van der Waals surface area contributed by atoms with Crippen LogP contribution in [0, 0.1) is 0 Å². The number of anilines is 1. The number of carboxylic acids is 1. The molecule has 0 saturated heterocycles. The van der Waals surface area contributed by atoms with Crippen molar-refractivity contribution in [3.05, 3.63) is 30.3 Å². The summed E-state index contributed by atoms with van der Waals surface area (Å²) in [4.78, 5) is 13.0. The Labute approximate surface area is 103 Å². The van der Waals surface area contributed by atoms with Gasteiger partial charge in [0, 0.05) is 11.7 Å². The van der Waals surface area contributed by atoms with Gasteiger partial charge in [-0.2, -0.15) is 0 Å². The maximum atomic E-state index is 11.0. The van der Waals surface area contributed by atoms with E-state index in [0.717, 1.165) is 24.9 Å². The smallest absolute Gasteiger partial charge is 0.323 e. The highest BCUT2D eigenvalue weighted by Gasteiger charge is 2.18. The van der Waals surface area contributed by atoms with Gasteiger partial charge in [-0.15, -0.1) is 0 Å². The molecule has 3 nitrogen and oxygen atoms in total. The molecule has 0 aliphatic carbocycles. The van der Waals surface area contributed by atoms with Crippen molar-refractivity contribution in [3.63, 3.8) is 0 Å². The number of nitrogens with zero attached hydrogens (tertiary/aromatic N) is 1. The molecule has 0 bridgehead atoms. The summed E-state index contributed by atoms with van der Waals surface area (Å²) in [6, 6.07) is 10.1. The summed E-state index contributed by atoms with van der Waals surface area (Å²) in [6.07, 6.45) is 3.07. The van der Waals surface area contributed by atoms with E-state index in [1.807, 2.05) is 35.2 Å². The molecule has 0 heterocycles. The van der Waals surface area contributed by atoms with Gasteiger partial charge in [0.05, 0.1) is 0 Å². The van der Waals surface area contributed by atoms with Crippen LogP contribution in [0.2, 0.25) is 0 Å². The number of rotatable bonds is 7. The molecule has 1 unspecified atom stereocenters. The lowest BCUT2D eigenvalue weighted by molar-refractivity contribution is -0.135. The van der Waals surface area contributed by atoms with Crippen LogP contribution in [0.15, 0.2) is 30.3 Å². The highest BCUT2D eigenvalue weighted by atomic mass is 16.4. The third-order valence-electron chi connectivity index (χ3n) is 2.93. The van der Waals surface area contributed by atoms with Gasteiger partial charge in [-0.05, 0) is 25.0 Å². The van der Waals surface area contributed by atoms with E-state index < -0.39 is 5.97 Å². The summed E-state index contributed by atoms with van der Waals surface area (Å²) in [7, 11) is 0. The van der Waals surface area contributed by atoms with Crippen molar-refractivity contribution >= 4 is 11.7 Å². The van der Waals surface area contributed by atoms with Crippen LogP contribution in [-0.2, 0) is 4.79 Å². The monoisotopic (exact) mass is 235 g/mol. The first-order chi connectivity index (χ1) is 8.19. The van der Waals surface area contributed by atoms with Crippen molar-refractivity contribution in [1.82, 2.24) is 0 Å². The van der Waals surface area contributed by atoms with Crippen LogP contribution in [0.3, 0.4) is 0 Å². The van der Waals surface area contributed by atoms with Crippen molar-refractivity contribution in [2.24, 2.45) is 0 Å². The van der Waals surface area contributed by atoms with Crippen LogP contribution >= 0.6 is 0 Å². The third kappa shape index (κ3) is 4.10. The van der Waals surface area contributed by atoms with E-state index in [4.69, 9.17) is 5.11 Å². The molecule has 1 atom stereocenters. The van der Waals surface area contributed by atoms with E-state index in [0.29, 0.717) is 6.04 Å². The Bertz CT molecular complexity index is 337. The van der Waals surface area contributed by atoms with Gasteiger partial charge >= 0.3 is 5.97 Å². The topological polar surface area (TPSA) is 40.5 Å². The first kappa shape index (κ1) is 13.6. The zero-order valence-corrected chi connectivity index (χ0v) is 10.6. The summed E-state index contributed by atoms with van der Waals surface area (Å²) < 4.78 is 0. The van der Waals surface area contributed by atoms with E-state index in [1.54, 1.807) is 0 Å². The van der Waals surface area contributed by atoms with Crippen LogP contribution < -0.4 is 4.90 Å². The number of carboxylic acid groups (broad SMARTS) is 1. The van der Waals surface area contributed by atoms with Crippen LogP contribution in [-0.4, -0.2) is 23.7 Å². The predicted octanol–water partition coefficient (Wildman–Crippen LogP) is 3.16. The van der Waals surface area contributed by atoms with Gasteiger partial charge in [0.1, 0.15) is 6.54 Å². The molecule has 1 aromatic rings. The van der Waals surface area contributed by atoms with Crippen molar-refractivity contribution < 1.29 is 9.90 Å².